The fraction of sp³-hybridized carbons (Fsp3) is 0.759. The second-order valence-electron chi connectivity index (χ2n) is 12.5. The van der Waals surface area contributed by atoms with Crippen LogP contribution in [0.5, 0.6) is 0 Å². The maximum Gasteiger partial charge on any atom is 0.240 e. The molecule has 1 aromatic carbocycles. The van der Waals surface area contributed by atoms with Crippen LogP contribution in [0.25, 0.3) is 0 Å². The number of fused-ring (bicyclic) bond motifs is 2. The number of hydrogen-bond donors (Lipinski definition) is 4. The summed E-state index contributed by atoms with van der Waals surface area (Å²) in [6.07, 6.45) is 0.835. The molecule has 4 aliphatic rings. The Labute approximate surface area is 222 Å². The molecule has 1 aromatic rings. The van der Waals surface area contributed by atoms with Gasteiger partial charge in [0.2, 0.25) is 5.91 Å². The monoisotopic (exact) mass is 516 g/mol. The summed E-state index contributed by atoms with van der Waals surface area (Å²) in [4.78, 5) is 22.0. The highest BCUT2D eigenvalue weighted by Crippen LogP contribution is 2.61. The third-order valence-corrected chi connectivity index (χ3v) is 9.46. The number of hydroxylamine groups is 2. The lowest BCUT2D eigenvalue weighted by molar-refractivity contribution is -0.183. The van der Waals surface area contributed by atoms with Gasteiger partial charge in [-0.05, 0) is 68.2 Å². The third kappa shape index (κ3) is 6.05. The van der Waals surface area contributed by atoms with Gasteiger partial charge in [0.1, 0.15) is 12.1 Å². The molecule has 8 nitrogen and oxygen atoms in total. The van der Waals surface area contributed by atoms with Gasteiger partial charge in [-0.1, -0.05) is 45.0 Å². The molecule has 0 radical (unpaired) electrons. The Morgan fingerprint density at radius 2 is 2.00 bits per heavy atom. The Hall–Kier alpha value is -1.55. The minimum atomic E-state index is -0.791. The zero-order valence-electron chi connectivity index (χ0n) is 23.5. The van der Waals surface area contributed by atoms with Crippen molar-refractivity contribution in [2.75, 3.05) is 33.8 Å². The molecule has 0 aromatic heterocycles. The number of carbonyl (C=O) groups excluding carboxylic acids is 1. The quantitative estimate of drug-likeness (QED) is 0.334. The molecular weight excluding hydrogens is 468 g/mol. The smallest absolute Gasteiger partial charge is 0.240 e. The Kier molecular flexibility index (Phi) is 8.98. The van der Waals surface area contributed by atoms with Gasteiger partial charge in [-0.15, -0.1) is 0 Å². The summed E-state index contributed by atoms with van der Waals surface area (Å²) in [6, 6.07) is 7.74. The number of amides is 1. The van der Waals surface area contributed by atoms with Gasteiger partial charge in [0.05, 0.1) is 19.3 Å². The number of nitrogens with zero attached hydrogens (tertiary/aromatic N) is 2. The summed E-state index contributed by atoms with van der Waals surface area (Å²) in [5.41, 5.74) is 2.54. The first-order valence-corrected chi connectivity index (χ1v) is 14.0. The predicted molar refractivity (Wildman–Crippen MR) is 144 cm³/mol. The molecule has 37 heavy (non-hydrogen) atoms. The number of carbonyl (C=O) groups is 1. The number of hydrogen-bond acceptors (Lipinski definition) is 7. The van der Waals surface area contributed by atoms with E-state index in [1.54, 1.807) is 12.0 Å². The first-order valence-electron chi connectivity index (χ1n) is 14.0. The van der Waals surface area contributed by atoms with Crippen molar-refractivity contribution >= 4 is 5.91 Å². The molecule has 0 unspecified atom stereocenters. The first kappa shape index (κ1) is 28.5. The zero-order chi connectivity index (χ0) is 26.9. The minimum absolute atomic E-state index is 0.112. The molecule has 4 N–H and O–H groups in total. The molecule has 8 atom stereocenters. The highest BCUT2D eigenvalue weighted by Gasteiger charge is 2.57. The van der Waals surface area contributed by atoms with E-state index in [4.69, 9.17) is 4.84 Å². The molecule has 1 amide bonds. The van der Waals surface area contributed by atoms with Crippen LogP contribution >= 0.6 is 0 Å². The van der Waals surface area contributed by atoms with Crippen molar-refractivity contribution < 1.29 is 19.8 Å². The second-order valence-corrected chi connectivity index (χ2v) is 12.5. The van der Waals surface area contributed by atoms with Crippen LogP contribution < -0.4 is 10.6 Å². The lowest BCUT2D eigenvalue weighted by Gasteiger charge is -2.62. The van der Waals surface area contributed by atoms with Crippen molar-refractivity contribution in [2.24, 2.45) is 29.1 Å². The fourth-order valence-corrected chi connectivity index (χ4v) is 7.04. The van der Waals surface area contributed by atoms with E-state index in [1.807, 2.05) is 12.1 Å². The highest BCUT2D eigenvalue weighted by molar-refractivity contribution is 5.82. The molecule has 0 spiro atoms. The van der Waals surface area contributed by atoms with Gasteiger partial charge < -0.3 is 25.7 Å². The van der Waals surface area contributed by atoms with E-state index in [2.05, 4.69) is 62.5 Å². The fourth-order valence-electron chi connectivity index (χ4n) is 7.04. The molecule has 3 saturated carbocycles. The zero-order valence-corrected chi connectivity index (χ0v) is 23.5. The van der Waals surface area contributed by atoms with Crippen LogP contribution in [0.15, 0.2) is 24.3 Å². The molecule has 5 rings (SSSR count). The van der Waals surface area contributed by atoms with E-state index < -0.39 is 24.2 Å². The van der Waals surface area contributed by atoms with Gasteiger partial charge >= 0.3 is 0 Å². The Balaban J connectivity index is 1.46. The van der Waals surface area contributed by atoms with E-state index in [9.17, 15) is 15.0 Å². The summed E-state index contributed by atoms with van der Waals surface area (Å²) in [7, 11) is 4.12. The number of aliphatic hydroxyl groups is 2. The van der Waals surface area contributed by atoms with Crippen molar-refractivity contribution in [1.29, 1.82) is 0 Å². The van der Waals surface area contributed by atoms with Gasteiger partial charge in [0, 0.05) is 31.6 Å². The van der Waals surface area contributed by atoms with Crippen LogP contribution in [0.3, 0.4) is 0 Å². The summed E-state index contributed by atoms with van der Waals surface area (Å²) in [6.45, 7) is 11.5. The van der Waals surface area contributed by atoms with Crippen molar-refractivity contribution in [3.63, 3.8) is 0 Å². The van der Waals surface area contributed by atoms with Crippen molar-refractivity contribution in [2.45, 2.75) is 77.9 Å². The molecule has 4 fully saturated rings. The molecule has 1 saturated heterocycles. The highest BCUT2D eigenvalue weighted by atomic mass is 16.7. The average Bonchev–Trinajstić information content (AvgIpc) is 3.21. The van der Waals surface area contributed by atoms with Crippen molar-refractivity contribution in [3.05, 3.63) is 35.4 Å². The molecular formula is C29H48N4O4. The second kappa shape index (κ2) is 11.7. The topological polar surface area (TPSA) is 97.3 Å². The summed E-state index contributed by atoms with van der Waals surface area (Å²) < 4.78 is 0. The van der Waals surface area contributed by atoms with Gasteiger partial charge in [-0.3, -0.25) is 9.63 Å². The minimum Gasteiger partial charge on any atom is -0.394 e. The Bertz CT molecular complexity index is 923. The van der Waals surface area contributed by atoms with Crippen molar-refractivity contribution in [3.8, 4) is 0 Å². The number of likely N-dealkylation sites (N-methyl/N-ethyl adjacent to an activating group) is 1. The maximum atomic E-state index is 13.8. The van der Waals surface area contributed by atoms with Crippen LogP contribution in [0.2, 0.25) is 0 Å². The van der Waals surface area contributed by atoms with Gasteiger partial charge in [0.15, 0.2) is 0 Å². The molecule has 1 aliphatic heterocycles. The summed E-state index contributed by atoms with van der Waals surface area (Å²) in [5, 5.41) is 29.1. The number of aliphatic hydroxyl groups excluding tert-OH is 2. The first-order chi connectivity index (χ1) is 17.5. The molecule has 208 valence electrons. The van der Waals surface area contributed by atoms with Crippen LogP contribution in [0.1, 0.15) is 51.7 Å². The van der Waals surface area contributed by atoms with Crippen LogP contribution in [0.4, 0.5) is 0 Å². The molecule has 3 aliphatic carbocycles. The summed E-state index contributed by atoms with van der Waals surface area (Å²) in [5.74, 6) is 1.06. The van der Waals surface area contributed by atoms with Crippen LogP contribution in [0, 0.1) is 29.1 Å². The van der Waals surface area contributed by atoms with Crippen LogP contribution in [-0.2, 0) is 22.7 Å². The van der Waals surface area contributed by atoms with E-state index in [1.165, 1.54) is 12.0 Å². The van der Waals surface area contributed by atoms with E-state index in [0.717, 1.165) is 31.6 Å². The SMILES string of the molecule is C[C@@H]1[C@@H](NC(=O)[C@@H]2[C@H]([C@H](C)O)[C@H](CO)ON2Cc2cccc(CNCCN(C)C)c2)C[C@@H]2C[C@H]1C2(C)C. The average molecular weight is 517 g/mol. The molecule has 8 heteroatoms. The van der Waals surface area contributed by atoms with E-state index in [0.29, 0.717) is 29.7 Å². The Morgan fingerprint density at radius 1 is 1.27 bits per heavy atom. The van der Waals surface area contributed by atoms with Gasteiger partial charge in [-0.2, -0.15) is 5.06 Å². The van der Waals surface area contributed by atoms with E-state index >= 15 is 0 Å². The van der Waals surface area contributed by atoms with Crippen LogP contribution in [-0.4, -0.2) is 84.2 Å². The standard InChI is InChI=1S/C29H48N4O4/c1-18-23-13-22(29(23,3)4)14-24(18)31-28(36)27-26(19(2)35)25(17-34)37-33(27)16-21-9-7-8-20(12-21)15-30-10-11-32(5)6/h7-9,12,18-19,22-27,30,34-35H,10-11,13-17H2,1-6H3,(H,31,36)/t18-,19-,22-,23+,24-,25-,26+,27-/m0/s1. The number of rotatable bonds is 11. The Morgan fingerprint density at radius 3 is 2.62 bits per heavy atom. The molecule has 1 heterocycles. The number of benzene rings is 1. The summed E-state index contributed by atoms with van der Waals surface area (Å²) >= 11 is 0. The maximum absolute atomic E-state index is 13.8. The van der Waals surface area contributed by atoms with Gasteiger partial charge in [-0.25, -0.2) is 0 Å². The largest absolute Gasteiger partial charge is 0.394 e. The van der Waals surface area contributed by atoms with Crippen molar-refractivity contribution in [1.82, 2.24) is 20.6 Å². The van der Waals surface area contributed by atoms with Gasteiger partial charge in [0.25, 0.3) is 0 Å². The lowest BCUT2D eigenvalue weighted by Crippen LogP contribution is -2.62. The lowest BCUT2D eigenvalue weighted by atomic mass is 9.45. The number of nitrogens with one attached hydrogen (secondary N) is 2. The third-order valence-electron chi connectivity index (χ3n) is 9.46. The normalized spacial score (nSPS) is 33.8. The van der Waals surface area contributed by atoms with E-state index in [-0.39, 0.29) is 18.6 Å². The predicted octanol–water partition coefficient (Wildman–Crippen LogP) is 2.00. The molecule has 2 bridgehead atoms.